The summed E-state index contributed by atoms with van der Waals surface area (Å²) >= 11 is 0. The third-order valence-corrected chi connectivity index (χ3v) is 3.29. The number of rotatable bonds is 3. The molecule has 104 valence electrons. The van der Waals surface area contributed by atoms with Crippen LogP contribution in [0.3, 0.4) is 0 Å². The van der Waals surface area contributed by atoms with Crippen LogP contribution in [-0.2, 0) is 4.79 Å². The lowest BCUT2D eigenvalue weighted by molar-refractivity contribution is -0.132. The monoisotopic (exact) mass is 276 g/mol. The van der Waals surface area contributed by atoms with Crippen molar-refractivity contribution in [1.29, 1.82) is 0 Å². The van der Waals surface area contributed by atoms with Gasteiger partial charge in [0.15, 0.2) is 0 Å². The van der Waals surface area contributed by atoms with Crippen LogP contribution in [0.4, 0.5) is 8.78 Å². The van der Waals surface area contributed by atoms with Crippen molar-refractivity contribution >= 4 is 11.5 Å². The molecule has 0 unspecified atom stereocenters. The zero-order valence-corrected chi connectivity index (χ0v) is 11.0. The maximum absolute atomic E-state index is 13.8. The summed E-state index contributed by atoms with van der Waals surface area (Å²) in [5.41, 5.74) is 1.20. The number of carboxylic acids is 1. The Morgan fingerprint density at radius 3 is 2.50 bits per heavy atom. The number of allylic oxidation sites excluding steroid dienone is 4. The Bertz CT molecular complexity index is 620. The van der Waals surface area contributed by atoms with Gasteiger partial charge in [-0.3, -0.25) is 0 Å². The van der Waals surface area contributed by atoms with Crippen molar-refractivity contribution in [1.82, 2.24) is 0 Å². The van der Waals surface area contributed by atoms with Crippen molar-refractivity contribution in [3.63, 3.8) is 0 Å². The lowest BCUT2D eigenvalue weighted by Crippen LogP contribution is -2.03. The lowest BCUT2D eigenvalue weighted by Gasteiger charge is -2.12. The molecule has 0 amide bonds. The molecular weight excluding hydrogens is 262 g/mol. The Kier molecular flexibility index (Phi) is 4.13. The molecule has 0 aromatic heterocycles. The molecule has 0 saturated heterocycles. The van der Waals surface area contributed by atoms with Crippen LogP contribution in [0.25, 0.3) is 5.57 Å². The van der Waals surface area contributed by atoms with E-state index in [9.17, 15) is 13.6 Å². The van der Waals surface area contributed by atoms with E-state index in [2.05, 4.69) is 0 Å². The van der Waals surface area contributed by atoms with Crippen LogP contribution in [0.5, 0.6) is 0 Å². The van der Waals surface area contributed by atoms with Crippen molar-refractivity contribution in [2.75, 3.05) is 0 Å². The molecule has 20 heavy (non-hydrogen) atoms. The minimum Gasteiger partial charge on any atom is -0.478 e. The molecule has 1 aliphatic rings. The van der Waals surface area contributed by atoms with Crippen LogP contribution in [0.2, 0.25) is 0 Å². The summed E-state index contributed by atoms with van der Waals surface area (Å²) in [6.45, 7) is 1.83. The van der Waals surface area contributed by atoms with Crippen molar-refractivity contribution in [3.8, 4) is 0 Å². The fraction of sp³-hybridized carbons (Fsp3) is 0.188. The minimum absolute atomic E-state index is 0.0882. The highest BCUT2D eigenvalue weighted by Crippen LogP contribution is 2.31. The van der Waals surface area contributed by atoms with Gasteiger partial charge in [-0.15, -0.1) is 0 Å². The minimum atomic E-state index is -1.03. The summed E-state index contributed by atoms with van der Waals surface area (Å²) in [6, 6.07) is 3.70. The van der Waals surface area contributed by atoms with Crippen LogP contribution in [0.1, 0.15) is 25.3 Å². The predicted octanol–water partition coefficient (Wildman–Crippen LogP) is 4.10. The third-order valence-electron chi connectivity index (χ3n) is 3.29. The highest BCUT2D eigenvalue weighted by atomic mass is 19.1. The van der Waals surface area contributed by atoms with Gasteiger partial charge in [0.1, 0.15) is 11.6 Å². The molecule has 0 atom stereocenters. The zero-order valence-electron chi connectivity index (χ0n) is 11.0. The first kappa shape index (κ1) is 14.2. The first-order valence-electron chi connectivity index (χ1n) is 6.31. The molecule has 1 aromatic rings. The van der Waals surface area contributed by atoms with Gasteiger partial charge in [0.05, 0.1) is 5.57 Å². The number of aliphatic carboxylic acids is 1. The van der Waals surface area contributed by atoms with Crippen LogP contribution >= 0.6 is 0 Å². The van der Waals surface area contributed by atoms with E-state index in [0.29, 0.717) is 17.6 Å². The highest BCUT2D eigenvalue weighted by Gasteiger charge is 2.19. The van der Waals surface area contributed by atoms with Crippen molar-refractivity contribution in [3.05, 3.63) is 64.8 Å². The number of carbonyl (C=O) groups is 1. The van der Waals surface area contributed by atoms with Gasteiger partial charge >= 0.3 is 5.97 Å². The second-order valence-corrected chi connectivity index (χ2v) is 4.50. The Morgan fingerprint density at radius 1 is 1.30 bits per heavy atom. The molecule has 0 bridgehead atoms. The maximum atomic E-state index is 13.8. The fourth-order valence-corrected chi connectivity index (χ4v) is 2.28. The number of hydrogen-bond acceptors (Lipinski definition) is 1. The third kappa shape index (κ3) is 2.69. The molecule has 2 rings (SSSR count). The molecule has 1 N–H and O–H groups in total. The molecule has 0 spiro atoms. The molecule has 0 radical (unpaired) electrons. The Labute approximate surface area is 115 Å². The summed E-state index contributed by atoms with van der Waals surface area (Å²) in [5, 5.41) is 9.15. The molecule has 0 heterocycles. The summed E-state index contributed by atoms with van der Waals surface area (Å²) in [5.74, 6) is -2.31. The van der Waals surface area contributed by atoms with Gasteiger partial charge in [-0.25, -0.2) is 13.6 Å². The second-order valence-electron chi connectivity index (χ2n) is 4.50. The van der Waals surface area contributed by atoms with Crippen molar-refractivity contribution in [2.24, 2.45) is 0 Å². The fourth-order valence-electron chi connectivity index (χ4n) is 2.28. The SMILES string of the molecule is CCC1=C(C(=O)O)C=CC=C(c2c(F)cccc2F)C1. The number of benzene rings is 1. The van der Waals surface area contributed by atoms with Gasteiger partial charge in [0.2, 0.25) is 0 Å². The summed E-state index contributed by atoms with van der Waals surface area (Å²) in [4.78, 5) is 11.2. The molecule has 0 aliphatic heterocycles. The van der Waals surface area contributed by atoms with Gasteiger partial charge in [-0.2, -0.15) is 0 Å². The predicted molar refractivity (Wildman–Crippen MR) is 73.0 cm³/mol. The number of carboxylic acid groups (broad SMARTS) is 1. The topological polar surface area (TPSA) is 37.3 Å². The maximum Gasteiger partial charge on any atom is 0.335 e. The summed E-state index contributed by atoms with van der Waals surface area (Å²) in [7, 11) is 0. The quantitative estimate of drug-likeness (QED) is 0.902. The van der Waals surface area contributed by atoms with Gasteiger partial charge in [0, 0.05) is 5.56 Å². The molecular formula is C16H14F2O2. The van der Waals surface area contributed by atoms with Crippen LogP contribution < -0.4 is 0 Å². The van der Waals surface area contributed by atoms with E-state index < -0.39 is 17.6 Å². The van der Waals surface area contributed by atoms with E-state index in [0.717, 1.165) is 0 Å². The van der Waals surface area contributed by atoms with E-state index in [1.165, 1.54) is 30.4 Å². The van der Waals surface area contributed by atoms with Gasteiger partial charge < -0.3 is 5.11 Å². The Balaban J connectivity index is 2.50. The largest absolute Gasteiger partial charge is 0.478 e. The van der Waals surface area contributed by atoms with Crippen molar-refractivity contribution in [2.45, 2.75) is 19.8 Å². The average Bonchev–Trinajstić information content (AvgIpc) is 2.61. The molecule has 1 aromatic carbocycles. The van der Waals surface area contributed by atoms with Gasteiger partial charge in [0.25, 0.3) is 0 Å². The van der Waals surface area contributed by atoms with E-state index in [-0.39, 0.29) is 17.6 Å². The highest BCUT2D eigenvalue weighted by molar-refractivity contribution is 5.92. The van der Waals surface area contributed by atoms with Crippen LogP contribution in [0, 0.1) is 11.6 Å². The van der Waals surface area contributed by atoms with E-state index >= 15 is 0 Å². The van der Waals surface area contributed by atoms with E-state index in [4.69, 9.17) is 5.11 Å². The molecule has 1 aliphatic carbocycles. The molecule has 4 heteroatoms. The Hall–Kier alpha value is -2.23. The Morgan fingerprint density at radius 2 is 1.95 bits per heavy atom. The normalized spacial score (nSPS) is 15.1. The number of hydrogen-bond donors (Lipinski definition) is 1. The van der Waals surface area contributed by atoms with Gasteiger partial charge in [-0.1, -0.05) is 30.7 Å². The molecule has 0 saturated carbocycles. The van der Waals surface area contributed by atoms with Crippen LogP contribution in [-0.4, -0.2) is 11.1 Å². The van der Waals surface area contributed by atoms with Gasteiger partial charge in [-0.05, 0) is 36.6 Å². The standard InChI is InChI=1S/C16H14F2O2/c1-2-10-9-11(5-3-6-12(10)16(19)20)15-13(17)7-4-8-14(15)18/h3-8H,2,9H2,1H3,(H,19,20). The first-order valence-corrected chi connectivity index (χ1v) is 6.31. The van der Waals surface area contributed by atoms with Crippen LogP contribution in [0.15, 0.2) is 47.6 Å². The molecule has 0 fully saturated rings. The second kappa shape index (κ2) is 5.82. The summed E-state index contributed by atoms with van der Waals surface area (Å²) in [6.07, 6.45) is 5.29. The first-order chi connectivity index (χ1) is 9.54. The number of halogens is 2. The lowest BCUT2D eigenvalue weighted by atomic mass is 9.94. The average molecular weight is 276 g/mol. The zero-order chi connectivity index (χ0) is 14.7. The summed E-state index contributed by atoms with van der Waals surface area (Å²) < 4.78 is 27.6. The van der Waals surface area contributed by atoms with E-state index in [1.807, 2.05) is 6.92 Å². The smallest absolute Gasteiger partial charge is 0.335 e. The van der Waals surface area contributed by atoms with Crippen molar-refractivity contribution < 1.29 is 18.7 Å². The molecule has 2 nitrogen and oxygen atoms in total. The van der Waals surface area contributed by atoms with E-state index in [1.54, 1.807) is 6.08 Å².